The molecular weight excluding hydrogens is 184 g/mol. The molecule has 0 saturated heterocycles. The van der Waals surface area contributed by atoms with Crippen molar-refractivity contribution in [1.29, 1.82) is 0 Å². The van der Waals surface area contributed by atoms with Gasteiger partial charge in [0.15, 0.2) is 0 Å². The van der Waals surface area contributed by atoms with Crippen LogP contribution < -0.4 is 0 Å². The van der Waals surface area contributed by atoms with Crippen LogP contribution in [0.2, 0.25) is 0 Å². The molecule has 0 fully saturated rings. The molecule has 4 heteroatoms. The standard InChI is InChI=1S/C5H16P4/c1-3-7-5-9-8-4-6-2/h6-9H,3-5H2,1-2H3. The SMILES string of the molecule is CCPCPPCPC. The van der Waals surface area contributed by atoms with Gasteiger partial charge in [-0.3, -0.25) is 0 Å². The van der Waals surface area contributed by atoms with Crippen molar-refractivity contribution in [2.75, 3.05) is 24.6 Å². The molecule has 0 spiro atoms. The molecule has 0 aliphatic rings. The second-order valence-electron chi connectivity index (χ2n) is 1.66. The van der Waals surface area contributed by atoms with Gasteiger partial charge in [-0.1, -0.05) is 23.5 Å². The maximum absolute atomic E-state index is 2.31. The quantitative estimate of drug-likeness (QED) is 0.456. The molecule has 0 amide bonds. The van der Waals surface area contributed by atoms with Crippen LogP contribution in [-0.4, -0.2) is 24.6 Å². The molecule has 0 aromatic rings. The Kier molecular flexibility index (Phi) is 11.6. The third-order valence-electron chi connectivity index (χ3n) is 0.854. The average molecular weight is 200 g/mol. The zero-order valence-corrected chi connectivity index (χ0v) is 10.1. The molecule has 0 N–H and O–H groups in total. The topological polar surface area (TPSA) is 0 Å². The summed E-state index contributed by atoms with van der Waals surface area (Å²) in [5, 5.41) is 0. The Morgan fingerprint density at radius 3 is 2.33 bits per heavy atom. The van der Waals surface area contributed by atoms with Gasteiger partial charge >= 0.3 is 0 Å². The minimum absolute atomic E-state index is 1.19. The van der Waals surface area contributed by atoms with Gasteiger partial charge in [0.2, 0.25) is 0 Å². The van der Waals surface area contributed by atoms with Crippen LogP contribution in [0.3, 0.4) is 0 Å². The molecule has 0 aromatic heterocycles. The van der Waals surface area contributed by atoms with Gasteiger partial charge in [-0.05, 0) is 24.6 Å². The minimum atomic E-state index is 1.19. The molecule has 0 rings (SSSR count). The van der Waals surface area contributed by atoms with Crippen molar-refractivity contribution < 1.29 is 0 Å². The highest BCUT2D eigenvalue weighted by atomic mass is 32.0. The van der Waals surface area contributed by atoms with Crippen LogP contribution in [0.25, 0.3) is 0 Å². The predicted octanol–water partition coefficient (Wildman–Crippen LogP) is 3.18. The second kappa shape index (κ2) is 9.72. The first-order valence-electron chi connectivity index (χ1n) is 3.22. The summed E-state index contributed by atoms with van der Waals surface area (Å²) in [6.07, 6.45) is 1.41. The van der Waals surface area contributed by atoms with E-state index in [0.717, 1.165) is 0 Å². The highest BCUT2D eigenvalue weighted by Crippen LogP contribution is 2.43. The van der Waals surface area contributed by atoms with E-state index < -0.39 is 0 Å². The first-order chi connectivity index (χ1) is 4.41. The fourth-order valence-corrected chi connectivity index (χ4v) is 8.57. The maximum Gasteiger partial charge on any atom is -0.0139 e. The summed E-state index contributed by atoms with van der Waals surface area (Å²) < 4.78 is 0. The van der Waals surface area contributed by atoms with Gasteiger partial charge in [0, 0.05) is 0 Å². The first-order valence-corrected chi connectivity index (χ1v) is 9.76. The van der Waals surface area contributed by atoms with Crippen LogP contribution in [0, 0.1) is 0 Å². The zero-order chi connectivity index (χ0) is 6.95. The summed E-state index contributed by atoms with van der Waals surface area (Å²) >= 11 is 0. The number of hydrogen-bond donors (Lipinski definition) is 0. The van der Waals surface area contributed by atoms with E-state index in [9.17, 15) is 0 Å². The van der Waals surface area contributed by atoms with E-state index in [-0.39, 0.29) is 0 Å². The molecule has 9 heavy (non-hydrogen) atoms. The van der Waals surface area contributed by atoms with Crippen molar-refractivity contribution in [3.8, 4) is 0 Å². The van der Waals surface area contributed by atoms with Crippen LogP contribution in [0.5, 0.6) is 0 Å². The van der Waals surface area contributed by atoms with Crippen molar-refractivity contribution in [3.63, 3.8) is 0 Å². The Bertz CT molecular complexity index is 42.2. The molecule has 0 nitrogen and oxygen atoms in total. The first kappa shape index (κ1) is 10.7. The van der Waals surface area contributed by atoms with Gasteiger partial charge in [0.25, 0.3) is 0 Å². The van der Waals surface area contributed by atoms with Crippen LogP contribution in [-0.2, 0) is 0 Å². The van der Waals surface area contributed by atoms with Crippen LogP contribution >= 0.6 is 33.7 Å². The van der Waals surface area contributed by atoms with Gasteiger partial charge in [-0.25, -0.2) is 0 Å². The lowest BCUT2D eigenvalue weighted by molar-refractivity contribution is 1.52. The van der Waals surface area contributed by atoms with E-state index in [2.05, 4.69) is 13.6 Å². The lowest BCUT2D eigenvalue weighted by Crippen LogP contribution is -1.60. The smallest absolute Gasteiger partial charge is 0.0139 e. The van der Waals surface area contributed by atoms with Crippen molar-refractivity contribution in [3.05, 3.63) is 0 Å². The minimum Gasteiger partial charge on any atom is -0.121 e. The molecular formula is C5H16P4. The van der Waals surface area contributed by atoms with E-state index in [0.29, 0.717) is 0 Å². The summed E-state index contributed by atoms with van der Waals surface area (Å²) in [6.45, 7) is 4.59. The van der Waals surface area contributed by atoms with Crippen LogP contribution in [0.4, 0.5) is 0 Å². The van der Waals surface area contributed by atoms with E-state index >= 15 is 0 Å². The summed E-state index contributed by atoms with van der Waals surface area (Å²) in [7, 11) is 5.02. The lowest BCUT2D eigenvalue weighted by Gasteiger charge is -1.97. The summed E-state index contributed by atoms with van der Waals surface area (Å²) in [5.41, 5.74) is 0. The van der Waals surface area contributed by atoms with Gasteiger partial charge in [-0.15, -0.1) is 17.2 Å². The lowest BCUT2D eigenvalue weighted by atomic mass is 11.0. The molecule has 0 aliphatic carbocycles. The molecule has 0 saturated carbocycles. The number of rotatable bonds is 6. The van der Waals surface area contributed by atoms with Gasteiger partial charge in [-0.2, -0.15) is 0 Å². The molecule has 0 heterocycles. The molecule has 0 aliphatic heterocycles. The summed E-state index contributed by atoms with van der Waals surface area (Å²) in [6, 6.07) is 0. The Balaban J connectivity index is 2.60. The van der Waals surface area contributed by atoms with E-state index in [4.69, 9.17) is 0 Å². The largest absolute Gasteiger partial charge is 0.121 e. The molecule has 4 unspecified atom stereocenters. The monoisotopic (exact) mass is 200 g/mol. The van der Waals surface area contributed by atoms with Gasteiger partial charge in [0.1, 0.15) is 0 Å². The fraction of sp³-hybridized carbons (Fsp3) is 1.00. The van der Waals surface area contributed by atoms with Crippen molar-refractivity contribution in [2.24, 2.45) is 0 Å². The highest BCUT2D eigenvalue weighted by Gasteiger charge is 1.84. The molecule has 56 valence electrons. The molecule has 0 radical (unpaired) electrons. The van der Waals surface area contributed by atoms with Crippen molar-refractivity contribution in [1.82, 2.24) is 0 Å². The van der Waals surface area contributed by atoms with Crippen molar-refractivity contribution >= 4 is 33.7 Å². The molecule has 0 aromatic carbocycles. The van der Waals surface area contributed by atoms with E-state index in [1.165, 1.54) is 51.7 Å². The average Bonchev–Trinajstić information content (AvgIpc) is 1.89. The predicted molar refractivity (Wildman–Crippen MR) is 59.5 cm³/mol. The Hall–Kier alpha value is 1.72. The molecule has 0 bridgehead atoms. The third-order valence-corrected chi connectivity index (χ3v) is 9.36. The third kappa shape index (κ3) is 9.72. The van der Waals surface area contributed by atoms with Crippen molar-refractivity contribution in [2.45, 2.75) is 6.92 Å². The summed E-state index contributed by atoms with van der Waals surface area (Å²) in [5.74, 6) is 3.03. The molecule has 4 atom stereocenters. The van der Waals surface area contributed by atoms with Crippen LogP contribution in [0.1, 0.15) is 6.92 Å². The van der Waals surface area contributed by atoms with Gasteiger partial charge < -0.3 is 0 Å². The Labute approximate surface area is 65.8 Å². The fourth-order valence-electron chi connectivity index (χ4n) is 0.401. The van der Waals surface area contributed by atoms with Gasteiger partial charge in [0.05, 0.1) is 0 Å². The van der Waals surface area contributed by atoms with Crippen LogP contribution in [0.15, 0.2) is 0 Å². The Morgan fingerprint density at radius 2 is 1.78 bits per heavy atom. The normalized spacial score (nSPS) is 15.3. The van der Waals surface area contributed by atoms with E-state index in [1.807, 2.05) is 0 Å². The highest BCUT2D eigenvalue weighted by molar-refractivity contribution is 8.15. The number of hydrogen-bond acceptors (Lipinski definition) is 0. The summed E-state index contributed by atoms with van der Waals surface area (Å²) in [4.78, 5) is 0. The maximum atomic E-state index is 2.31. The second-order valence-corrected chi connectivity index (χ2v) is 9.24. The zero-order valence-electron chi connectivity index (χ0n) is 6.12. The Morgan fingerprint density at radius 1 is 1.11 bits per heavy atom. The van der Waals surface area contributed by atoms with E-state index in [1.54, 1.807) is 0 Å².